The van der Waals surface area contributed by atoms with E-state index in [2.05, 4.69) is 79.4 Å². The third-order valence-electron chi connectivity index (χ3n) is 14.8. The second-order valence-electron chi connectivity index (χ2n) is 20.8. The van der Waals surface area contributed by atoms with E-state index < -0.39 is 46.2 Å². The van der Waals surface area contributed by atoms with Gasteiger partial charge in [0.2, 0.25) is 0 Å². The van der Waals surface area contributed by atoms with Crippen molar-refractivity contribution < 1.29 is 39.6 Å². The summed E-state index contributed by atoms with van der Waals surface area (Å²) in [6.07, 6.45) is 11.3. The summed E-state index contributed by atoms with van der Waals surface area (Å²) >= 11 is 0. The van der Waals surface area contributed by atoms with Crippen molar-refractivity contribution in [1.82, 2.24) is 0 Å². The zero-order valence-corrected chi connectivity index (χ0v) is 49.0. The topological polar surface area (TPSA) is 248 Å². The molecule has 438 valence electrons. The van der Waals surface area contributed by atoms with Crippen LogP contribution in [0, 0.1) is 59.2 Å². The molecule has 0 saturated carbocycles. The summed E-state index contributed by atoms with van der Waals surface area (Å²) in [6, 6.07) is 76.1. The maximum absolute atomic E-state index is 11.7. The number of anilines is 3. The Morgan fingerprint density at radius 2 is 0.527 bits per heavy atom. The lowest BCUT2D eigenvalue weighted by molar-refractivity contribution is -0.133. The van der Waals surface area contributed by atoms with Crippen LogP contribution in [0.2, 0.25) is 0 Å². The molecule has 0 radical (unpaired) electrons. The highest BCUT2D eigenvalue weighted by Crippen LogP contribution is 2.38. The van der Waals surface area contributed by atoms with Gasteiger partial charge in [-0.2, -0.15) is 21.0 Å². The number of benzene rings is 9. The lowest BCUT2D eigenvalue weighted by Crippen LogP contribution is -2.09. The molecular weight excluding hydrogens is 1130 g/mol. The van der Waals surface area contributed by atoms with Gasteiger partial charge in [0.15, 0.2) is 0 Å². The molecule has 0 aromatic heterocycles. The first kappa shape index (κ1) is 62.3. The Balaban J connectivity index is 1.15. The molecule has 0 saturated heterocycles. The fraction of sp³-hybridized carbons (Fsp3) is 0.0256. The summed E-state index contributed by atoms with van der Waals surface area (Å²) in [6.45, 7) is 4.21. The molecule has 0 aliphatic rings. The highest BCUT2D eigenvalue weighted by atomic mass is 16.4. The van der Waals surface area contributed by atoms with Crippen LogP contribution in [0.4, 0.5) is 17.1 Å². The van der Waals surface area contributed by atoms with E-state index in [0.29, 0.717) is 22.3 Å². The van der Waals surface area contributed by atoms with Gasteiger partial charge in [0.25, 0.3) is 0 Å². The zero-order valence-electron chi connectivity index (χ0n) is 49.0. The van der Waals surface area contributed by atoms with E-state index >= 15 is 0 Å². The Morgan fingerprint density at radius 1 is 0.297 bits per heavy atom. The van der Waals surface area contributed by atoms with Crippen molar-refractivity contribution in [1.29, 1.82) is 21.0 Å². The number of nitriles is 4. The van der Waals surface area contributed by atoms with Crippen LogP contribution in [0.5, 0.6) is 0 Å². The molecule has 9 aromatic rings. The molecule has 0 aliphatic heterocycles. The quantitative estimate of drug-likeness (QED) is 0.0315. The Labute approximate surface area is 525 Å². The number of hydrogen-bond donors (Lipinski definition) is 4. The van der Waals surface area contributed by atoms with E-state index in [0.717, 1.165) is 83.9 Å². The maximum atomic E-state index is 11.7. The van der Waals surface area contributed by atoms with Gasteiger partial charge in [-0.05, 0) is 193 Å². The molecule has 0 amide bonds. The van der Waals surface area contributed by atoms with Crippen LogP contribution < -0.4 is 4.90 Å². The number of carboxylic acid groups (broad SMARTS) is 4. The monoisotopic (exact) mass is 1190 g/mol. The Morgan fingerprint density at radius 3 is 0.780 bits per heavy atom. The minimum atomic E-state index is -1.35. The van der Waals surface area contributed by atoms with E-state index in [1.54, 1.807) is 72.8 Å². The smallest absolute Gasteiger partial charge is 0.346 e. The van der Waals surface area contributed by atoms with Crippen LogP contribution in [0.15, 0.2) is 241 Å². The predicted octanol–water partition coefficient (Wildman–Crippen LogP) is 16.5. The first-order valence-corrected chi connectivity index (χ1v) is 28.2. The summed E-state index contributed by atoms with van der Waals surface area (Å²) < 4.78 is 0. The third-order valence-corrected chi connectivity index (χ3v) is 14.8. The second-order valence-corrected chi connectivity index (χ2v) is 20.8. The molecule has 9 aromatic carbocycles. The number of carboxylic acids is 4. The first-order valence-electron chi connectivity index (χ1n) is 28.2. The van der Waals surface area contributed by atoms with Crippen molar-refractivity contribution in [2.45, 2.75) is 13.8 Å². The average molecular weight is 1190 g/mol. The number of nitrogens with zero attached hydrogens (tertiary/aromatic N) is 5. The van der Waals surface area contributed by atoms with Crippen molar-refractivity contribution in [3.05, 3.63) is 324 Å². The minimum Gasteiger partial charge on any atom is -0.477 e. The average Bonchev–Trinajstić information content (AvgIpc) is 0.959. The minimum absolute atomic E-state index is 0.420. The van der Waals surface area contributed by atoms with E-state index in [4.69, 9.17) is 0 Å². The predicted molar refractivity (Wildman–Crippen MR) is 355 cm³/mol. The van der Waals surface area contributed by atoms with Crippen LogP contribution in [0.1, 0.15) is 83.5 Å². The molecule has 9 rings (SSSR count). The summed E-state index contributed by atoms with van der Waals surface area (Å²) in [4.78, 5) is 48.8. The SMILES string of the molecule is Cc1ccc(/C(=C\c2ccc(N(c3ccc(C=C(c4ccc(/C=C(\C#N)C(=O)O)cc4)c4ccc(/C=C(\C#N)C(=O)O)cc4)cc3)c3ccc(C=C(c4ccc(/C=C(\C#N)C(=O)O)cc4)c4ccc(/C=C(\C#N)C(=O)O)cc4)cc3)cc2)c2ccccc2)cc1C. The van der Waals surface area contributed by atoms with E-state index in [9.17, 15) is 60.7 Å². The molecule has 0 heterocycles. The third kappa shape index (κ3) is 15.6. The van der Waals surface area contributed by atoms with Crippen LogP contribution in [-0.2, 0) is 19.2 Å². The van der Waals surface area contributed by atoms with Gasteiger partial charge >= 0.3 is 23.9 Å². The number of hydrogen-bond acceptors (Lipinski definition) is 9. The van der Waals surface area contributed by atoms with Crippen molar-refractivity contribution in [3.8, 4) is 24.3 Å². The fourth-order valence-electron chi connectivity index (χ4n) is 9.90. The van der Waals surface area contributed by atoms with E-state index in [1.807, 2.05) is 127 Å². The Kier molecular flexibility index (Phi) is 19.7. The number of carbonyl (C=O) groups is 4. The van der Waals surface area contributed by atoms with Gasteiger partial charge in [0.05, 0.1) is 0 Å². The zero-order chi connectivity index (χ0) is 64.6. The lowest BCUT2D eigenvalue weighted by Gasteiger charge is -2.26. The molecule has 0 unspecified atom stereocenters. The van der Waals surface area contributed by atoms with Gasteiger partial charge < -0.3 is 25.3 Å². The number of aliphatic carboxylic acids is 4. The van der Waals surface area contributed by atoms with Gasteiger partial charge in [0, 0.05) is 17.1 Å². The van der Waals surface area contributed by atoms with Crippen LogP contribution >= 0.6 is 0 Å². The summed E-state index contributed by atoms with van der Waals surface area (Å²) in [5.41, 5.74) is 15.5. The molecule has 13 nitrogen and oxygen atoms in total. The largest absolute Gasteiger partial charge is 0.477 e. The Hall–Kier alpha value is -13.2. The summed E-state index contributed by atoms with van der Waals surface area (Å²) in [5, 5.41) is 75.8. The van der Waals surface area contributed by atoms with E-state index in [-0.39, 0.29) is 0 Å². The number of aryl methyl sites for hydroxylation is 2. The molecule has 0 aliphatic carbocycles. The summed E-state index contributed by atoms with van der Waals surface area (Å²) in [5.74, 6) is -5.39. The maximum Gasteiger partial charge on any atom is 0.346 e. The number of rotatable bonds is 20. The van der Waals surface area contributed by atoms with Crippen molar-refractivity contribution >= 4 is 100 Å². The van der Waals surface area contributed by atoms with Gasteiger partial charge in [-0.1, -0.05) is 182 Å². The Bertz CT molecular complexity index is 4280. The first-order chi connectivity index (χ1) is 44.0. The molecule has 4 N–H and O–H groups in total. The molecule has 13 heteroatoms. The van der Waals surface area contributed by atoms with Crippen molar-refractivity contribution in [2.24, 2.45) is 0 Å². The molecule has 0 spiro atoms. The molecule has 91 heavy (non-hydrogen) atoms. The van der Waals surface area contributed by atoms with Gasteiger partial charge in [-0.25, -0.2) is 19.2 Å². The highest BCUT2D eigenvalue weighted by Gasteiger charge is 2.17. The van der Waals surface area contributed by atoms with Gasteiger partial charge in [0.1, 0.15) is 46.6 Å². The van der Waals surface area contributed by atoms with Crippen molar-refractivity contribution in [3.63, 3.8) is 0 Å². The van der Waals surface area contributed by atoms with Crippen LogP contribution in [0.3, 0.4) is 0 Å². The van der Waals surface area contributed by atoms with Gasteiger partial charge in [-0.15, -0.1) is 0 Å². The molecular formula is C78H53N5O8. The second kappa shape index (κ2) is 28.8. The van der Waals surface area contributed by atoms with Gasteiger partial charge in [-0.3, -0.25) is 0 Å². The lowest BCUT2D eigenvalue weighted by atomic mass is 9.93. The normalized spacial score (nSPS) is 11.6. The van der Waals surface area contributed by atoms with Crippen molar-refractivity contribution in [2.75, 3.05) is 4.90 Å². The molecule has 0 fully saturated rings. The van der Waals surface area contributed by atoms with Crippen LogP contribution in [0.25, 0.3) is 59.3 Å². The van der Waals surface area contributed by atoms with Crippen LogP contribution in [-0.4, -0.2) is 44.3 Å². The highest BCUT2D eigenvalue weighted by molar-refractivity contribution is 6.00. The molecule has 0 atom stereocenters. The standard InChI is InChI=1S/C78H53N5O8/c1-50-8-23-64(38-51(50)2)74(59-6-4-3-5-7-59)45-58-21-36-71(37-22-58)83(69-32-17-56(18-33-69)43-72(60-24-9-52(10-25-60)39-65(46-79)75(84)85)61-26-11-53(12-27-61)40-66(47-80)76(86)87)70-34-19-57(20-35-70)44-73(62-28-13-54(14-29-62)41-67(48-81)77(88)89)63-30-15-55(16-31-63)42-68(49-82)78(90)91/h3-45H,1-2H3,(H,84,85)(H,86,87)(H,88,89)(H,90,91)/b65-39+,66-40+,67-41+,68-42+,74-45-. The van der Waals surface area contributed by atoms with E-state index in [1.165, 1.54) is 35.4 Å². The molecule has 0 bridgehead atoms. The fourth-order valence-corrected chi connectivity index (χ4v) is 9.90. The summed E-state index contributed by atoms with van der Waals surface area (Å²) in [7, 11) is 0.